The molecule has 7 heteroatoms. The molecule has 0 saturated carbocycles. The molecule has 0 aliphatic rings. The van der Waals surface area contributed by atoms with Gasteiger partial charge in [-0.1, -0.05) is 0 Å². The molecule has 8 aromatic rings. The Bertz CT molecular complexity index is 2720. The first kappa shape index (κ1) is 41.6. The first-order valence-corrected chi connectivity index (χ1v) is 24.3. The standard InChI is InChI=1S/C52H58N4OSe2/c1-29-31(25-49(3,4)5)15-17-39-43-47(58-45(29)39)41(53-27-55-43)33-19-35(51(9,10)11)23-37(21-33)57-38-22-34(20-36(24-38)52(12,13)14)42-48-44(56-28-54-42)40-18-16-32(26-50(6,7)8)30(2)46(40)59-48/h15-24,27-28H,25-26H2,1-14H3. The number of aromatic nitrogens is 4. The second kappa shape index (κ2) is 14.8. The van der Waals surface area contributed by atoms with Gasteiger partial charge in [0.25, 0.3) is 0 Å². The molecule has 4 aromatic heterocycles. The number of aryl methyl sites for hydroxylation is 2. The van der Waals surface area contributed by atoms with Crippen LogP contribution in [0.4, 0.5) is 0 Å². The van der Waals surface area contributed by atoms with Crippen molar-refractivity contribution in [3.8, 4) is 34.0 Å². The van der Waals surface area contributed by atoms with Crippen molar-refractivity contribution in [3.63, 3.8) is 0 Å². The molecular weight excluding hydrogens is 855 g/mol. The molecule has 59 heavy (non-hydrogen) atoms. The van der Waals surface area contributed by atoms with E-state index in [0.717, 1.165) is 57.9 Å². The third kappa shape index (κ3) is 8.34. The fraction of sp³-hybridized carbons (Fsp3) is 0.385. The molecule has 0 amide bonds. The molecule has 0 bridgehead atoms. The van der Waals surface area contributed by atoms with Gasteiger partial charge < -0.3 is 0 Å². The number of hydrogen-bond acceptors (Lipinski definition) is 5. The van der Waals surface area contributed by atoms with Crippen molar-refractivity contribution >= 4 is 67.9 Å². The van der Waals surface area contributed by atoms with Gasteiger partial charge in [-0.3, -0.25) is 0 Å². The number of ether oxygens (including phenoxy) is 1. The van der Waals surface area contributed by atoms with Gasteiger partial charge in [0, 0.05) is 0 Å². The third-order valence-corrected chi connectivity index (χ3v) is 16.9. The van der Waals surface area contributed by atoms with E-state index in [-0.39, 0.29) is 50.7 Å². The molecule has 0 radical (unpaired) electrons. The molecule has 4 aromatic carbocycles. The first-order chi connectivity index (χ1) is 27.5. The van der Waals surface area contributed by atoms with E-state index in [1.807, 2.05) is 0 Å². The van der Waals surface area contributed by atoms with Crippen LogP contribution in [0.15, 0.2) is 73.3 Å². The number of hydrogen-bond donors (Lipinski definition) is 0. The molecule has 0 N–H and O–H groups in total. The van der Waals surface area contributed by atoms with Crippen LogP contribution in [0.5, 0.6) is 11.5 Å². The predicted molar refractivity (Wildman–Crippen MR) is 252 cm³/mol. The van der Waals surface area contributed by atoms with Crippen LogP contribution in [-0.2, 0) is 23.7 Å². The number of fused-ring (bicyclic) bond motifs is 6. The van der Waals surface area contributed by atoms with E-state index in [0.29, 0.717) is 0 Å². The van der Waals surface area contributed by atoms with E-state index in [1.54, 1.807) is 12.7 Å². The van der Waals surface area contributed by atoms with Gasteiger partial charge in [0.15, 0.2) is 0 Å². The van der Waals surface area contributed by atoms with Crippen LogP contribution >= 0.6 is 0 Å². The van der Waals surface area contributed by atoms with Gasteiger partial charge in [-0.25, -0.2) is 0 Å². The summed E-state index contributed by atoms with van der Waals surface area (Å²) in [4.78, 5) is 19.8. The van der Waals surface area contributed by atoms with Crippen molar-refractivity contribution < 1.29 is 4.74 Å². The van der Waals surface area contributed by atoms with E-state index in [9.17, 15) is 0 Å². The molecule has 0 saturated heterocycles. The van der Waals surface area contributed by atoms with E-state index < -0.39 is 0 Å². The summed E-state index contributed by atoms with van der Waals surface area (Å²) < 4.78 is 12.4. The third-order valence-electron chi connectivity index (χ3n) is 11.3. The average molecular weight is 913 g/mol. The van der Waals surface area contributed by atoms with Gasteiger partial charge in [0.1, 0.15) is 0 Å². The second-order valence-electron chi connectivity index (χ2n) is 21.0. The molecule has 4 heterocycles. The summed E-state index contributed by atoms with van der Waals surface area (Å²) in [5, 5.41) is 2.52. The Morgan fingerprint density at radius 1 is 0.475 bits per heavy atom. The van der Waals surface area contributed by atoms with Crippen LogP contribution < -0.4 is 4.74 Å². The summed E-state index contributed by atoms with van der Waals surface area (Å²) in [5.74, 6) is 1.60. The molecular formula is C52H58N4OSe2. The van der Waals surface area contributed by atoms with Crippen molar-refractivity contribution in [1.29, 1.82) is 0 Å². The van der Waals surface area contributed by atoms with Gasteiger partial charge in [0.2, 0.25) is 0 Å². The van der Waals surface area contributed by atoms with Crippen LogP contribution in [0, 0.1) is 24.7 Å². The van der Waals surface area contributed by atoms with Gasteiger partial charge in [-0.15, -0.1) is 0 Å². The Kier molecular flexibility index (Phi) is 10.4. The zero-order valence-corrected chi connectivity index (χ0v) is 40.8. The maximum atomic E-state index is 7.02. The molecule has 8 rings (SSSR count). The molecule has 0 fully saturated rings. The molecule has 0 atom stereocenters. The van der Waals surface area contributed by atoms with E-state index in [2.05, 4.69) is 158 Å². The van der Waals surface area contributed by atoms with E-state index in [4.69, 9.17) is 24.7 Å². The molecule has 5 nitrogen and oxygen atoms in total. The van der Waals surface area contributed by atoms with Crippen molar-refractivity contribution in [2.24, 2.45) is 10.8 Å². The number of benzene rings is 4. The van der Waals surface area contributed by atoms with Gasteiger partial charge in [-0.05, 0) is 0 Å². The van der Waals surface area contributed by atoms with Crippen LogP contribution in [-0.4, -0.2) is 48.9 Å². The summed E-state index contributed by atoms with van der Waals surface area (Å²) in [6.45, 7) is 32.1. The van der Waals surface area contributed by atoms with Gasteiger partial charge >= 0.3 is 365 Å². The zero-order valence-electron chi connectivity index (χ0n) is 37.4. The summed E-state index contributed by atoms with van der Waals surface area (Å²) in [6.07, 6.45) is 5.59. The minimum atomic E-state index is -0.112. The maximum absolute atomic E-state index is 7.02. The summed E-state index contributed by atoms with van der Waals surface area (Å²) in [5.41, 5.74) is 14.6. The Balaban J connectivity index is 1.25. The zero-order chi connectivity index (χ0) is 42.4. The summed E-state index contributed by atoms with van der Waals surface area (Å²) >= 11 is 0.166. The average Bonchev–Trinajstić information content (AvgIpc) is 3.72. The molecule has 0 aliphatic carbocycles. The van der Waals surface area contributed by atoms with Crippen LogP contribution in [0.1, 0.15) is 116 Å². The monoisotopic (exact) mass is 914 g/mol. The second-order valence-corrected chi connectivity index (χ2v) is 25.3. The quantitative estimate of drug-likeness (QED) is 0.156. The molecule has 0 aliphatic heterocycles. The minimum absolute atomic E-state index is 0.0829. The van der Waals surface area contributed by atoms with E-state index in [1.165, 1.54) is 61.2 Å². The SMILES string of the molecule is Cc1c(CC(C)(C)C)ccc2c1[se]c1c(-c3cc(Oc4cc(-c5ncnc6c5[se]c5c(C)c(CC(C)(C)C)ccc56)cc(C(C)(C)C)c4)cc(C(C)(C)C)c3)ncnc12. The van der Waals surface area contributed by atoms with Gasteiger partial charge in [-0.2, -0.15) is 0 Å². The van der Waals surface area contributed by atoms with Crippen molar-refractivity contribution in [2.45, 2.75) is 121 Å². The molecule has 304 valence electrons. The Labute approximate surface area is 362 Å². The molecule has 0 spiro atoms. The first-order valence-electron chi connectivity index (χ1n) is 20.9. The van der Waals surface area contributed by atoms with Crippen molar-refractivity contribution in [3.05, 3.63) is 107 Å². The van der Waals surface area contributed by atoms with Crippen LogP contribution in [0.3, 0.4) is 0 Å². The number of nitrogens with zero attached hydrogens (tertiary/aromatic N) is 4. The number of rotatable bonds is 6. The summed E-state index contributed by atoms with van der Waals surface area (Å²) in [6, 6.07) is 22.6. The fourth-order valence-corrected chi connectivity index (χ4v) is 13.6. The van der Waals surface area contributed by atoms with E-state index >= 15 is 0 Å². The predicted octanol–water partition coefficient (Wildman–Crippen LogP) is 13.5. The van der Waals surface area contributed by atoms with Crippen LogP contribution in [0.25, 0.3) is 61.4 Å². The Morgan fingerprint density at radius 2 is 0.864 bits per heavy atom. The van der Waals surface area contributed by atoms with Gasteiger partial charge in [0.05, 0.1) is 0 Å². The fourth-order valence-electron chi connectivity index (χ4n) is 8.16. The topological polar surface area (TPSA) is 60.8 Å². The van der Waals surface area contributed by atoms with Crippen molar-refractivity contribution in [1.82, 2.24) is 19.9 Å². The summed E-state index contributed by atoms with van der Waals surface area (Å²) in [7, 11) is 0. The van der Waals surface area contributed by atoms with Crippen molar-refractivity contribution in [2.75, 3.05) is 0 Å². The molecule has 0 unspecified atom stereocenters. The Morgan fingerprint density at radius 3 is 1.22 bits per heavy atom. The van der Waals surface area contributed by atoms with Crippen LogP contribution in [0.2, 0.25) is 0 Å². The normalized spacial score (nSPS) is 13.1. The Hall–Kier alpha value is -4.12.